The van der Waals surface area contributed by atoms with Gasteiger partial charge < -0.3 is 86.1 Å². The summed E-state index contributed by atoms with van der Waals surface area (Å²) in [5.41, 5.74) is 43.7. The summed E-state index contributed by atoms with van der Waals surface area (Å²) < 4.78 is 19.3. The van der Waals surface area contributed by atoms with Crippen molar-refractivity contribution >= 4 is 89.3 Å². The van der Waals surface area contributed by atoms with Crippen LogP contribution in [0.15, 0.2) is 0 Å². The number of anilines is 12. The number of nitrogen functional groups attached to an aromatic ring is 8. The summed E-state index contributed by atoms with van der Waals surface area (Å²) in [7, 11) is 3.36. The summed E-state index contributed by atoms with van der Waals surface area (Å²) in [5, 5.41) is 10.1. The highest BCUT2D eigenvalue weighted by atomic mass is 16.6. The molecule has 2 atom stereocenters. The molecule has 4 rings (SSSR count). The SMILES string of the molecule is COC(=O)C(Nc1nc(N)nc(N)n1)Nc1nc(N)nc(N)n1.COC(=O)C(Nc1nc(N)nc(N)n1)OC(Nc1nc(N)nc(N)n1)C(=O)OC. The maximum absolute atomic E-state index is 12.1. The number of methoxy groups -OCH3 is 3. The van der Waals surface area contributed by atoms with Gasteiger partial charge in [0.15, 0.2) is 0 Å². The molecule has 0 radical (unpaired) electrons. The van der Waals surface area contributed by atoms with Gasteiger partial charge in [-0.2, -0.15) is 59.8 Å². The number of nitrogens with zero attached hydrogens (tertiary/aromatic N) is 12. The van der Waals surface area contributed by atoms with Gasteiger partial charge in [0.1, 0.15) is 0 Å². The van der Waals surface area contributed by atoms with Crippen molar-refractivity contribution in [1.82, 2.24) is 59.8 Å². The van der Waals surface area contributed by atoms with Crippen LogP contribution < -0.4 is 67.1 Å². The molecule has 0 aliphatic carbocycles. The molecule has 31 heteroatoms. The van der Waals surface area contributed by atoms with Gasteiger partial charge >= 0.3 is 17.9 Å². The third-order valence-electron chi connectivity index (χ3n) is 5.29. The molecule has 4 aromatic rings. The second-order valence-electron chi connectivity index (χ2n) is 8.98. The number of aromatic nitrogens is 12. The van der Waals surface area contributed by atoms with Crippen LogP contribution >= 0.6 is 0 Å². The molecule has 0 saturated heterocycles. The molecule has 0 bridgehead atoms. The van der Waals surface area contributed by atoms with Crippen molar-refractivity contribution in [3.05, 3.63) is 0 Å². The molecule has 0 fully saturated rings. The fourth-order valence-corrected chi connectivity index (χ4v) is 3.31. The fraction of sp³-hybridized carbons (Fsp3) is 0.286. The van der Waals surface area contributed by atoms with Crippen LogP contribution in [0.25, 0.3) is 0 Å². The van der Waals surface area contributed by atoms with E-state index in [0.29, 0.717) is 0 Å². The lowest BCUT2D eigenvalue weighted by atomic mass is 10.5. The van der Waals surface area contributed by atoms with E-state index in [1.807, 2.05) is 0 Å². The molecule has 4 aromatic heterocycles. The Morgan fingerprint density at radius 3 is 0.865 bits per heavy atom. The highest BCUT2D eigenvalue weighted by molar-refractivity contribution is 5.81. The van der Waals surface area contributed by atoms with Gasteiger partial charge in [0, 0.05) is 0 Å². The van der Waals surface area contributed by atoms with Gasteiger partial charge in [-0.05, 0) is 0 Å². The fourth-order valence-electron chi connectivity index (χ4n) is 3.31. The Balaban J connectivity index is 0.000000288. The lowest BCUT2D eigenvalue weighted by molar-refractivity contribution is -0.165. The molecule has 31 nitrogen and oxygen atoms in total. The van der Waals surface area contributed by atoms with Crippen LogP contribution in [0.2, 0.25) is 0 Å². The monoisotopic (exact) mass is 732 g/mol. The lowest BCUT2D eigenvalue weighted by Gasteiger charge is -2.23. The van der Waals surface area contributed by atoms with Gasteiger partial charge in [-0.25, -0.2) is 14.4 Å². The van der Waals surface area contributed by atoms with Crippen molar-refractivity contribution in [2.24, 2.45) is 0 Å². The van der Waals surface area contributed by atoms with E-state index in [1.165, 1.54) is 7.11 Å². The molecule has 0 saturated carbocycles. The van der Waals surface area contributed by atoms with E-state index in [0.717, 1.165) is 14.2 Å². The Morgan fingerprint density at radius 2 is 0.635 bits per heavy atom. The van der Waals surface area contributed by atoms with Crippen LogP contribution in [0, 0.1) is 0 Å². The van der Waals surface area contributed by atoms with Crippen molar-refractivity contribution in [2.75, 3.05) is 88.5 Å². The van der Waals surface area contributed by atoms with Gasteiger partial charge in [-0.15, -0.1) is 0 Å². The summed E-state index contributed by atoms with van der Waals surface area (Å²) >= 11 is 0. The number of carbonyl (C=O) groups excluding carboxylic acids is 3. The minimum Gasteiger partial charge on any atom is -0.466 e. The Morgan fingerprint density at radius 1 is 0.404 bits per heavy atom. The summed E-state index contributed by atoms with van der Waals surface area (Å²) in [6, 6.07) is 0. The maximum atomic E-state index is 12.1. The summed E-state index contributed by atoms with van der Waals surface area (Å²) in [4.78, 5) is 80.5. The molecular weight excluding hydrogens is 700 g/mol. The number of hydrogen-bond acceptors (Lipinski definition) is 31. The predicted molar refractivity (Wildman–Crippen MR) is 178 cm³/mol. The topological polar surface area (TPSA) is 499 Å². The number of esters is 3. The Hall–Kier alpha value is -7.99. The summed E-state index contributed by atoms with van der Waals surface area (Å²) in [6.45, 7) is 0. The first-order valence-corrected chi connectivity index (χ1v) is 13.6. The highest BCUT2D eigenvalue weighted by Crippen LogP contribution is 2.13. The van der Waals surface area contributed by atoms with Crippen LogP contribution in [-0.2, 0) is 33.3 Å². The zero-order valence-electron chi connectivity index (χ0n) is 27.1. The second-order valence-corrected chi connectivity index (χ2v) is 8.98. The number of nitrogens with one attached hydrogen (secondary N) is 4. The summed E-state index contributed by atoms with van der Waals surface area (Å²) in [5.74, 6) is -4.58. The largest absolute Gasteiger partial charge is 0.466 e. The number of ether oxygens (including phenoxy) is 4. The average molecular weight is 733 g/mol. The zero-order valence-corrected chi connectivity index (χ0v) is 27.1. The Bertz CT molecular complexity index is 1680. The molecule has 278 valence electrons. The number of hydrogen-bond donors (Lipinski definition) is 12. The Labute approximate surface area is 289 Å². The zero-order chi connectivity index (χ0) is 38.5. The van der Waals surface area contributed by atoms with Crippen molar-refractivity contribution in [3.8, 4) is 0 Å². The van der Waals surface area contributed by atoms with E-state index in [9.17, 15) is 14.4 Å². The molecule has 0 spiro atoms. The van der Waals surface area contributed by atoms with Gasteiger partial charge in [0.2, 0.25) is 90.0 Å². The van der Waals surface area contributed by atoms with Crippen LogP contribution in [-0.4, -0.2) is 118 Å². The highest BCUT2D eigenvalue weighted by Gasteiger charge is 2.31. The van der Waals surface area contributed by atoms with E-state index in [-0.39, 0.29) is 71.4 Å². The molecule has 0 aliphatic rings. The van der Waals surface area contributed by atoms with Crippen LogP contribution in [0.1, 0.15) is 0 Å². The smallest absolute Gasteiger partial charge is 0.356 e. The molecule has 0 aliphatic heterocycles. The average Bonchev–Trinajstić information content (AvgIpc) is 3.04. The van der Waals surface area contributed by atoms with Gasteiger partial charge in [0.05, 0.1) is 21.3 Å². The molecule has 52 heavy (non-hydrogen) atoms. The molecule has 20 N–H and O–H groups in total. The van der Waals surface area contributed by atoms with Crippen molar-refractivity contribution < 1.29 is 33.3 Å². The molecule has 0 aromatic carbocycles. The first-order valence-electron chi connectivity index (χ1n) is 13.6. The van der Waals surface area contributed by atoms with Gasteiger partial charge in [-0.1, -0.05) is 0 Å². The molecule has 2 unspecified atom stereocenters. The minimum atomic E-state index is -1.62. The van der Waals surface area contributed by atoms with E-state index in [4.69, 9.17) is 50.6 Å². The third-order valence-corrected chi connectivity index (χ3v) is 5.29. The Kier molecular flexibility index (Phi) is 12.9. The third kappa shape index (κ3) is 11.6. The maximum Gasteiger partial charge on any atom is 0.356 e. The summed E-state index contributed by atoms with van der Waals surface area (Å²) in [6.07, 6.45) is -4.41. The van der Waals surface area contributed by atoms with E-state index in [1.54, 1.807) is 0 Å². The normalized spacial score (nSPS) is 11.5. The van der Waals surface area contributed by atoms with E-state index < -0.39 is 36.5 Å². The van der Waals surface area contributed by atoms with Gasteiger partial charge in [0.25, 0.3) is 0 Å². The lowest BCUT2D eigenvalue weighted by Crippen LogP contribution is -2.44. The quantitative estimate of drug-likeness (QED) is 0.0346. The predicted octanol–water partition coefficient (Wildman–Crippen LogP) is -5.67. The minimum absolute atomic E-state index is 0.0621. The second kappa shape index (κ2) is 17.4. The van der Waals surface area contributed by atoms with Crippen LogP contribution in [0.4, 0.5) is 71.4 Å². The first-order chi connectivity index (χ1) is 24.6. The number of carbonyl (C=O) groups is 3. The molecule has 0 amide bonds. The molecule has 4 heterocycles. The van der Waals surface area contributed by atoms with Crippen molar-refractivity contribution in [3.63, 3.8) is 0 Å². The van der Waals surface area contributed by atoms with Gasteiger partial charge in [-0.3, -0.25) is 0 Å². The standard InChI is InChI=1S/C12H18N12O5.C9H14N12O2/c1-27-5(25)3(17-11-21-7(13)19-8(14)22-11)29-4(6(26)28-2)18-12-23-9(15)20-10(16)24-12;1-23-3(22)2(14-8-18-4(10)16-5(11)19-8)15-9-20-6(12)17-7(13)21-9/h3-4H,1-2H3,(H5,13,14,17,19,21,22)(H5,15,16,18,20,23,24);2H,1H3,(H5,10,11,14,16,18,19)(H5,12,13,15,17,20,21). The number of nitrogens with two attached hydrogens (primary N) is 8. The van der Waals surface area contributed by atoms with Crippen LogP contribution in [0.5, 0.6) is 0 Å². The van der Waals surface area contributed by atoms with Crippen LogP contribution in [0.3, 0.4) is 0 Å². The number of rotatable bonds is 13. The van der Waals surface area contributed by atoms with Crippen molar-refractivity contribution in [2.45, 2.75) is 18.6 Å². The van der Waals surface area contributed by atoms with E-state index >= 15 is 0 Å². The van der Waals surface area contributed by atoms with Crippen molar-refractivity contribution in [1.29, 1.82) is 0 Å². The molecular formula is C21H32N24O7. The van der Waals surface area contributed by atoms with E-state index in [2.05, 4.69) is 95.3 Å². The first kappa shape index (κ1) is 38.5.